The number of hydrogen-bond acceptors (Lipinski definition) is 4. The number of nitro benzene ring substituents is 1. The Morgan fingerprint density at radius 1 is 1.61 bits per heavy atom. The Bertz CT molecular complexity index is 453. The summed E-state index contributed by atoms with van der Waals surface area (Å²) in [4.78, 5) is 23.2. The SMILES string of the molecule is C=CCN(CC)c1c(C(=O)O)cccc1[N+](=O)[O-]. The molecule has 0 fully saturated rings. The number of carboxylic acids is 1. The number of nitrogens with zero attached hydrogens (tertiary/aromatic N) is 2. The number of anilines is 1. The number of hydrogen-bond donors (Lipinski definition) is 1. The number of para-hydroxylation sites is 1. The fraction of sp³-hybridized carbons (Fsp3) is 0.250. The summed E-state index contributed by atoms with van der Waals surface area (Å²) in [5.41, 5.74) is -0.163. The van der Waals surface area contributed by atoms with E-state index in [0.717, 1.165) is 0 Å². The third-order valence-electron chi connectivity index (χ3n) is 2.49. The lowest BCUT2D eigenvalue weighted by Gasteiger charge is -2.22. The first-order valence-corrected chi connectivity index (χ1v) is 5.39. The topological polar surface area (TPSA) is 83.7 Å². The zero-order valence-electron chi connectivity index (χ0n) is 10.00. The van der Waals surface area contributed by atoms with E-state index in [0.29, 0.717) is 13.1 Å². The standard InChI is InChI=1S/C12H14N2O4/c1-3-8-13(4-2)11-9(12(15)16)6-5-7-10(11)14(17)18/h3,5-7H,1,4,8H2,2H3,(H,15,16). The minimum absolute atomic E-state index is 0.0760. The van der Waals surface area contributed by atoms with Gasteiger partial charge in [-0.05, 0) is 13.0 Å². The summed E-state index contributed by atoms with van der Waals surface area (Å²) < 4.78 is 0. The van der Waals surface area contributed by atoms with Gasteiger partial charge < -0.3 is 10.0 Å². The number of aromatic carboxylic acids is 1. The molecule has 0 atom stereocenters. The van der Waals surface area contributed by atoms with Gasteiger partial charge in [0, 0.05) is 19.2 Å². The van der Waals surface area contributed by atoms with E-state index in [2.05, 4.69) is 6.58 Å². The molecular weight excluding hydrogens is 236 g/mol. The van der Waals surface area contributed by atoms with Gasteiger partial charge in [0.25, 0.3) is 5.69 Å². The van der Waals surface area contributed by atoms with Crippen molar-refractivity contribution >= 4 is 17.3 Å². The third-order valence-corrected chi connectivity index (χ3v) is 2.49. The first-order valence-electron chi connectivity index (χ1n) is 5.39. The molecule has 0 aliphatic heterocycles. The highest BCUT2D eigenvalue weighted by atomic mass is 16.6. The van der Waals surface area contributed by atoms with Gasteiger partial charge in [-0.1, -0.05) is 12.1 Å². The van der Waals surface area contributed by atoms with Crippen LogP contribution in [0.5, 0.6) is 0 Å². The Morgan fingerprint density at radius 3 is 2.72 bits per heavy atom. The summed E-state index contributed by atoms with van der Waals surface area (Å²) in [6.45, 7) is 6.17. The Morgan fingerprint density at radius 2 is 2.28 bits per heavy atom. The van der Waals surface area contributed by atoms with Crippen LogP contribution >= 0.6 is 0 Å². The maximum absolute atomic E-state index is 11.1. The number of rotatable bonds is 6. The number of carbonyl (C=O) groups is 1. The molecule has 6 heteroatoms. The molecule has 18 heavy (non-hydrogen) atoms. The van der Waals surface area contributed by atoms with E-state index in [1.807, 2.05) is 0 Å². The summed E-state index contributed by atoms with van der Waals surface area (Å²) in [6, 6.07) is 4.02. The summed E-state index contributed by atoms with van der Waals surface area (Å²) in [5, 5.41) is 20.1. The zero-order valence-corrected chi connectivity index (χ0v) is 10.00. The quantitative estimate of drug-likeness (QED) is 0.475. The van der Waals surface area contributed by atoms with Crippen molar-refractivity contribution in [1.82, 2.24) is 0 Å². The smallest absolute Gasteiger partial charge is 0.338 e. The van der Waals surface area contributed by atoms with Crippen molar-refractivity contribution < 1.29 is 14.8 Å². The van der Waals surface area contributed by atoms with Gasteiger partial charge in [0.05, 0.1) is 10.5 Å². The van der Waals surface area contributed by atoms with E-state index in [1.54, 1.807) is 17.9 Å². The molecule has 1 aromatic carbocycles. The second kappa shape index (κ2) is 5.81. The van der Waals surface area contributed by atoms with Gasteiger partial charge in [-0.2, -0.15) is 0 Å². The Labute approximate surface area is 104 Å². The number of likely N-dealkylation sites (N-methyl/N-ethyl adjacent to an activating group) is 1. The largest absolute Gasteiger partial charge is 0.478 e. The lowest BCUT2D eigenvalue weighted by molar-refractivity contribution is -0.384. The summed E-state index contributed by atoms with van der Waals surface area (Å²) in [5.74, 6) is -1.18. The van der Waals surface area contributed by atoms with Crippen LogP contribution in [0.15, 0.2) is 30.9 Å². The van der Waals surface area contributed by atoms with Gasteiger partial charge in [0.2, 0.25) is 0 Å². The molecule has 0 spiro atoms. The van der Waals surface area contributed by atoms with Crippen LogP contribution in [-0.4, -0.2) is 29.1 Å². The highest BCUT2D eigenvalue weighted by Crippen LogP contribution is 2.32. The number of benzene rings is 1. The first-order chi connectivity index (χ1) is 8.52. The molecular formula is C12H14N2O4. The molecule has 1 rings (SSSR count). The van der Waals surface area contributed by atoms with Gasteiger partial charge in [-0.3, -0.25) is 10.1 Å². The maximum atomic E-state index is 11.1. The van der Waals surface area contributed by atoms with Crippen LogP contribution in [0.25, 0.3) is 0 Å². The molecule has 1 N–H and O–H groups in total. The van der Waals surface area contributed by atoms with Crippen molar-refractivity contribution in [2.45, 2.75) is 6.92 Å². The minimum Gasteiger partial charge on any atom is -0.478 e. The average molecular weight is 250 g/mol. The van der Waals surface area contributed by atoms with Crippen molar-refractivity contribution in [3.8, 4) is 0 Å². The third kappa shape index (κ3) is 2.65. The maximum Gasteiger partial charge on any atom is 0.338 e. The van der Waals surface area contributed by atoms with Crippen LogP contribution in [0.4, 0.5) is 11.4 Å². The monoisotopic (exact) mass is 250 g/mol. The van der Waals surface area contributed by atoms with Crippen molar-refractivity contribution in [3.05, 3.63) is 46.5 Å². The zero-order chi connectivity index (χ0) is 13.7. The van der Waals surface area contributed by atoms with E-state index in [4.69, 9.17) is 5.11 Å². The van der Waals surface area contributed by atoms with Gasteiger partial charge >= 0.3 is 5.97 Å². The predicted octanol–water partition coefficient (Wildman–Crippen LogP) is 2.31. The van der Waals surface area contributed by atoms with E-state index < -0.39 is 10.9 Å². The molecule has 0 saturated carbocycles. The highest BCUT2D eigenvalue weighted by molar-refractivity contribution is 5.97. The van der Waals surface area contributed by atoms with Crippen LogP contribution < -0.4 is 4.90 Å². The second-order valence-electron chi connectivity index (χ2n) is 3.56. The van der Waals surface area contributed by atoms with Gasteiger partial charge in [-0.25, -0.2) is 4.79 Å². The van der Waals surface area contributed by atoms with E-state index in [1.165, 1.54) is 18.2 Å². The summed E-state index contributed by atoms with van der Waals surface area (Å²) >= 11 is 0. The molecule has 0 heterocycles. The first kappa shape index (κ1) is 13.7. The lowest BCUT2D eigenvalue weighted by Crippen LogP contribution is -2.25. The minimum atomic E-state index is -1.18. The van der Waals surface area contributed by atoms with Gasteiger partial charge in [0.15, 0.2) is 0 Å². The van der Waals surface area contributed by atoms with Crippen LogP contribution in [0, 0.1) is 10.1 Å². The fourth-order valence-corrected chi connectivity index (χ4v) is 1.72. The Kier molecular flexibility index (Phi) is 4.42. The van der Waals surface area contributed by atoms with Crippen molar-refractivity contribution in [2.75, 3.05) is 18.0 Å². The van der Waals surface area contributed by atoms with Crippen LogP contribution in [-0.2, 0) is 0 Å². The Hall–Kier alpha value is -2.37. The molecule has 0 aromatic heterocycles. The molecule has 96 valence electrons. The Balaban J connectivity index is 3.47. The summed E-state index contributed by atoms with van der Waals surface area (Å²) in [6.07, 6.45) is 1.58. The molecule has 0 aliphatic carbocycles. The highest BCUT2D eigenvalue weighted by Gasteiger charge is 2.24. The number of carboxylic acid groups (broad SMARTS) is 1. The fourth-order valence-electron chi connectivity index (χ4n) is 1.72. The van der Waals surface area contributed by atoms with Crippen LogP contribution in [0.3, 0.4) is 0 Å². The molecule has 0 bridgehead atoms. The van der Waals surface area contributed by atoms with Crippen molar-refractivity contribution in [3.63, 3.8) is 0 Å². The summed E-state index contributed by atoms with van der Waals surface area (Å²) in [7, 11) is 0. The molecule has 0 saturated heterocycles. The van der Waals surface area contributed by atoms with E-state index >= 15 is 0 Å². The predicted molar refractivity (Wildman–Crippen MR) is 68.1 cm³/mol. The lowest BCUT2D eigenvalue weighted by atomic mass is 10.1. The van der Waals surface area contributed by atoms with Gasteiger partial charge in [-0.15, -0.1) is 6.58 Å². The molecule has 1 aromatic rings. The van der Waals surface area contributed by atoms with Crippen molar-refractivity contribution in [1.29, 1.82) is 0 Å². The van der Waals surface area contributed by atoms with Crippen LogP contribution in [0.2, 0.25) is 0 Å². The molecule has 0 unspecified atom stereocenters. The van der Waals surface area contributed by atoms with Gasteiger partial charge in [0.1, 0.15) is 5.69 Å². The molecule has 6 nitrogen and oxygen atoms in total. The van der Waals surface area contributed by atoms with Crippen molar-refractivity contribution in [2.24, 2.45) is 0 Å². The molecule has 0 aliphatic rings. The molecule has 0 radical (unpaired) electrons. The molecule has 0 amide bonds. The normalized spacial score (nSPS) is 9.83. The van der Waals surface area contributed by atoms with E-state index in [9.17, 15) is 14.9 Å². The average Bonchev–Trinajstić information content (AvgIpc) is 2.34. The van der Waals surface area contributed by atoms with Crippen LogP contribution in [0.1, 0.15) is 17.3 Å². The number of nitro groups is 1. The van der Waals surface area contributed by atoms with E-state index in [-0.39, 0.29) is 16.9 Å². The second-order valence-corrected chi connectivity index (χ2v) is 3.56.